The Morgan fingerprint density at radius 3 is 2.41 bits per heavy atom. The summed E-state index contributed by atoms with van der Waals surface area (Å²) in [5.41, 5.74) is -0.604. The molecule has 0 spiro atoms. The maximum atomic E-state index is 11.8. The summed E-state index contributed by atoms with van der Waals surface area (Å²) in [4.78, 5) is 13.1. The summed E-state index contributed by atoms with van der Waals surface area (Å²) < 4.78 is 5.17. The molecular weight excluding hydrogens is 226 g/mol. The number of piperidine rings is 1. The Bertz CT molecular complexity index is 276. The first-order valence-corrected chi connectivity index (χ1v) is 5.69. The molecular formula is C11H21NO5. The van der Waals surface area contributed by atoms with E-state index in [1.807, 2.05) is 0 Å². The van der Waals surface area contributed by atoms with E-state index in [1.165, 1.54) is 4.90 Å². The zero-order valence-corrected chi connectivity index (χ0v) is 10.5. The fourth-order valence-electron chi connectivity index (χ4n) is 1.75. The van der Waals surface area contributed by atoms with Gasteiger partial charge < -0.3 is 25.0 Å². The number of amides is 1. The van der Waals surface area contributed by atoms with Gasteiger partial charge in [0.25, 0.3) is 0 Å². The van der Waals surface area contributed by atoms with Crippen molar-refractivity contribution in [3.63, 3.8) is 0 Å². The summed E-state index contributed by atoms with van der Waals surface area (Å²) in [6.07, 6.45) is -2.59. The number of β-amino-alcohol motifs (C(OH)–C–C–N with tert-alkyl or cyclic N) is 1. The normalized spacial score (nSPS) is 30.2. The molecule has 1 heterocycles. The Kier molecular flexibility index (Phi) is 4.35. The van der Waals surface area contributed by atoms with Crippen LogP contribution < -0.4 is 0 Å². The first kappa shape index (κ1) is 14.2. The number of hydrogen-bond donors (Lipinski definition) is 3. The molecule has 0 aromatic rings. The van der Waals surface area contributed by atoms with Gasteiger partial charge in [-0.3, -0.25) is 0 Å². The average molecular weight is 247 g/mol. The lowest BCUT2D eigenvalue weighted by Gasteiger charge is -2.38. The summed E-state index contributed by atoms with van der Waals surface area (Å²) in [6, 6.07) is 0. The van der Waals surface area contributed by atoms with Crippen LogP contribution in [0.5, 0.6) is 0 Å². The summed E-state index contributed by atoms with van der Waals surface area (Å²) in [7, 11) is 0. The fourth-order valence-corrected chi connectivity index (χ4v) is 1.75. The second-order valence-corrected chi connectivity index (χ2v) is 5.39. The predicted octanol–water partition coefficient (Wildman–Crippen LogP) is -0.433. The largest absolute Gasteiger partial charge is 0.444 e. The molecule has 0 aromatic heterocycles. The van der Waals surface area contributed by atoms with Gasteiger partial charge in [-0.05, 0) is 20.8 Å². The van der Waals surface area contributed by atoms with Crippen LogP contribution in [-0.4, -0.2) is 63.8 Å². The third kappa shape index (κ3) is 3.83. The molecule has 0 aliphatic carbocycles. The van der Waals surface area contributed by atoms with Crippen molar-refractivity contribution < 1.29 is 24.9 Å². The number of ether oxygens (including phenoxy) is 1. The molecule has 1 fully saturated rings. The molecule has 0 aromatic carbocycles. The lowest BCUT2D eigenvalue weighted by molar-refractivity contribution is -0.0871. The van der Waals surface area contributed by atoms with E-state index in [2.05, 4.69) is 0 Å². The number of hydrogen-bond acceptors (Lipinski definition) is 5. The molecule has 1 amide bonds. The highest BCUT2D eigenvalue weighted by Crippen LogP contribution is 2.19. The van der Waals surface area contributed by atoms with Crippen molar-refractivity contribution in [2.24, 2.45) is 5.92 Å². The Hall–Kier alpha value is -0.850. The molecule has 1 aliphatic heterocycles. The van der Waals surface area contributed by atoms with Crippen LogP contribution in [0.2, 0.25) is 0 Å². The Morgan fingerprint density at radius 2 is 1.94 bits per heavy atom. The van der Waals surface area contributed by atoms with Crippen molar-refractivity contribution in [3.05, 3.63) is 0 Å². The van der Waals surface area contributed by atoms with Crippen molar-refractivity contribution in [2.75, 3.05) is 19.7 Å². The van der Waals surface area contributed by atoms with E-state index in [-0.39, 0.29) is 19.7 Å². The third-order valence-corrected chi connectivity index (χ3v) is 2.63. The topological polar surface area (TPSA) is 90.2 Å². The van der Waals surface area contributed by atoms with E-state index >= 15 is 0 Å². The van der Waals surface area contributed by atoms with E-state index in [4.69, 9.17) is 9.84 Å². The summed E-state index contributed by atoms with van der Waals surface area (Å²) in [6.45, 7) is 5.19. The molecule has 6 nitrogen and oxygen atoms in total. The van der Waals surface area contributed by atoms with Crippen LogP contribution in [0, 0.1) is 5.92 Å². The molecule has 0 saturated carbocycles. The zero-order valence-electron chi connectivity index (χ0n) is 10.5. The molecule has 0 unspecified atom stereocenters. The van der Waals surface area contributed by atoms with Gasteiger partial charge in [-0.25, -0.2) is 4.79 Å². The maximum Gasteiger partial charge on any atom is 0.410 e. The van der Waals surface area contributed by atoms with Gasteiger partial charge in [0.15, 0.2) is 0 Å². The van der Waals surface area contributed by atoms with E-state index < -0.39 is 29.8 Å². The molecule has 1 aliphatic rings. The molecule has 6 heteroatoms. The van der Waals surface area contributed by atoms with Gasteiger partial charge in [0.2, 0.25) is 0 Å². The smallest absolute Gasteiger partial charge is 0.410 e. The van der Waals surface area contributed by atoms with Gasteiger partial charge >= 0.3 is 6.09 Å². The van der Waals surface area contributed by atoms with Crippen LogP contribution in [0.4, 0.5) is 4.79 Å². The van der Waals surface area contributed by atoms with Crippen molar-refractivity contribution in [1.82, 2.24) is 4.90 Å². The van der Waals surface area contributed by atoms with E-state index in [0.29, 0.717) is 0 Å². The lowest BCUT2D eigenvalue weighted by Crippen LogP contribution is -2.55. The monoisotopic (exact) mass is 247 g/mol. The first-order valence-electron chi connectivity index (χ1n) is 5.69. The van der Waals surface area contributed by atoms with Gasteiger partial charge in [-0.15, -0.1) is 0 Å². The Balaban J connectivity index is 2.63. The second-order valence-electron chi connectivity index (χ2n) is 5.39. The number of rotatable bonds is 1. The molecule has 0 radical (unpaired) electrons. The highest BCUT2D eigenvalue weighted by Gasteiger charge is 2.37. The molecule has 3 atom stereocenters. The van der Waals surface area contributed by atoms with Crippen LogP contribution in [-0.2, 0) is 4.74 Å². The summed E-state index contributed by atoms with van der Waals surface area (Å²) in [5, 5.41) is 28.2. The number of aliphatic hydroxyl groups is 3. The lowest BCUT2D eigenvalue weighted by atomic mass is 9.93. The van der Waals surface area contributed by atoms with Crippen molar-refractivity contribution in [3.8, 4) is 0 Å². The minimum Gasteiger partial charge on any atom is -0.444 e. The SMILES string of the molecule is CC(C)(C)OC(=O)N1C[C@H](CO)[C@H](O)[C@@H](O)C1. The molecule has 1 saturated heterocycles. The van der Waals surface area contributed by atoms with Gasteiger partial charge in [0.1, 0.15) is 5.60 Å². The van der Waals surface area contributed by atoms with Gasteiger partial charge in [-0.1, -0.05) is 0 Å². The highest BCUT2D eigenvalue weighted by atomic mass is 16.6. The molecule has 3 N–H and O–H groups in total. The minimum absolute atomic E-state index is 0.0204. The quantitative estimate of drug-likeness (QED) is 0.585. The van der Waals surface area contributed by atoms with E-state index in [1.54, 1.807) is 20.8 Å². The highest BCUT2D eigenvalue weighted by molar-refractivity contribution is 5.68. The summed E-state index contributed by atoms with van der Waals surface area (Å²) >= 11 is 0. The van der Waals surface area contributed by atoms with Crippen molar-refractivity contribution in [2.45, 2.75) is 38.6 Å². The van der Waals surface area contributed by atoms with Gasteiger partial charge in [0.05, 0.1) is 25.4 Å². The predicted molar refractivity (Wildman–Crippen MR) is 60.4 cm³/mol. The number of likely N-dealkylation sites (tertiary alicyclic amines) is 1. The fraction of sp³-hybridized carbons (Fsp3) is 0.909. The standard InChI is InChI=1S/C11H21NO5/c1-11(2,3)17-10(16)12-4-7(6-13)9(15)8(14)5-12/h7-9,13-15H,4-6H2,1-3H3/t7-,8+,9+/m1/s1. The number of aliphatic hydroxyl groups excluding tert-OH is 3. The van der Waals surface area contributed by atoms with E-state index in [9.17, 15) is 15.0 Å². The second kappa shape index (κ2) is 5.20. The number of nitrogens with zero attached hydrogens (tertiary/aromatic N) is 1. The molecule has 0 bridgehead atoms. The van der Waals surface area contributed by atoms with Crippen LogP contribution in [0.1, 0.15) is 20.8 Å². The van der Waals surface area contributed by atoms with Crippen LogP contribution in [0.15, 0.2) is 0 Å². The van der Waals surface area contributed by atoms with Crippen molar-refractivity contribution in [1.29, 1.82) is 0 Å². The third-order valence-electron chi connectivity index (χ3n) is 2.63. The molecule has 100 valence electrons. The van der Waals surface area contributed by atoms with Crippen LogP contribution >= 0.6 is 0 Å². The maximum absolute atomic E-state index is 11.8. The average Bonchev–Trinajstić information content (AvgIpc) is 2.19. The first-order chi connectivity index (χ1) is 7.74. The van der Waals surface area contributed by atoms with Gasteiger partial charge in [0, 0.05) is 12.5 Å². The van der Waals surface area contributed by atoms with Gasteiger partial charge in [-0.2, -0.15) is 0 Å². The summed E-state index contributed by atoms with van der Waals surface area (Å²) in [5.74, 6) is -0.536. The molecule has 17 heavy (non-hydrogen) atoms. The van der Waals surface area contributed by atoms with E-state index in [0.717, 1.165) is 0 Å². The number of carbonyl (C=O) groups excluding carboxylic acids is 1. The van der Waals surface area contributed by atoms with Crippen LogP contribution in [0.25, 0.3) is 0 Å². The molecule has 1 rings (SSSR count). The van der Waals surface area contributed by atoms with Crippen LogP contribution in [0.3, 0.4) is 0 Å². The minimum atomic E-state index is -1.05. The van der Waals surface area contributed by atoms with Crippen molar-refractivity contribution >= 4 is 6.09 Å². The number of carbonyl (C=O) groups is 1. The Morgan fingerprint density at radius 1 is 1.35 bits per heavy atom. The zero-order chi connectivity index (χ0) is 13.2. The Labute approximate surface area is 101 Å².